The Hall–Kier alpha value is -4.35. The van der Waals surface area contributed by atoms with Crippen LogP contribution >= 0.6 is 11.6 Å². The maximum absolute atomic E-state index is 12.1. The van der Waals surface area contributed by atoms with Crippen LogP contribution in [0.3, 0.4) is 0 Å². The highest BCUT2D eigenvalue weighted by Gasteiger charge is 2.09. The molecule has 3 rings (SSSR count). The predicted molar refractivity (Wildman–Crippen MR) is 128 cm³/mol. The Morgan fingerprint density at radius 1 is 1.12 bits per heavy atom. The average molecular weight is 477 g/mol. The molecule has 2 amide bonds. The Kier molecular flexibility index (Phi) is 8.60. The van der Waals surface area contributed by atoms with E-state index in [-0.39, 0.29) is 13.2 Å². The molecule has 0 atom stereocenters. The summed E-state index contributed by atoms with van der Waals surface area (Å²) in [5.41, 5.74) is 4.57. The minimum atomic E-state index is -0.509. The van der Waals surface area contributed by atoms with Crippen LogP contribution in [0.2, 0.25) is 5.02 Å². The largest absolute Gasteiger partial charge is 0.497 e. The first-order valence-corrected chi connectivity index (χ1v) is 10.5. The number of methoxy groups -OCH3 is 1. The topological polar surface area (TPSA) is 113 Å². The molecule has 2 N–H and O–H groups in total. The van der Waals surface area contributed by atoms with E-state index in [2.05, 4.69) is 15.8 Å². The van der Waals surface area contributed by atoms with E-state index >= 15 is 0 Å². The first-order valence-electron chi connectivity index (χ1n) is 10.1. The number of rotatable bonds is 9. The number of amides is 2. The normalized spacial score (nSPS) is 10.4. The Morgan fingerprint density at radius 3 is 2.59 bits per heavy atom. The lowest BCUT2D eigenvalue weighted by Gasteiger charge is -2.12. The number of nitrogens with one attached hydrogen (secondary N) is 2. The van der Waals surface area contributed by atoms with E-state index in [0.29, 0.717) is 33.2 Å². The number of carbonyl (C=O) groups is 2. The highest BCUT2D eigenvalue weighted by Crippen LogP contribution is 2.25. The van der Waals surface area contributed by atoms with Gasteiger partial charge in [0.25, 0.3) is 11.8 Å². The molecular formula is C25H21ClN4O4. The van der Waals surface area contributed by atoms with Crippen molar-refractivity contribution in [1.29, 1.82) is 5.26 Å². The SMILES string of the molecule is COc1ccc(/C=N/NC(=O)CNC(=O)c2ccc(C#N)cc2)c(OCc2ccccc2Cl)c1. The van der Waals surface area contributed by atoms with Gasteiger partial charge in [-0.25, -0.2) is 5.43 Å². The fourth-order valence-corrected chi connectivity index (χ4v) is 3.01. The van der Waals surface area contributed by atoms with Crippen molar-refractivity contribution < 1.29 is 19.1 Å². The number of nitrogens with zero attached hydrogens (tertiary/aromatic N) is 2. The molecule has 0 aliphatic carbocycles. The van der Waals surface area contributed by atoms with Crippen molar-refractivity contribution in [3.63, 3.8) is 0 Å². The van der Waals surface area contributed by atoms with Crippen molar-refractivity contribution in [2.45, 2.75) is 6.61 Å². The van der Waals surface area contributed by atoms with Crippen LogP contribution in [0.5, 0.6) is 11.5 Å². The van der Waals surface area contributed by atoms with E-state index in [0.717, 1.165) is 5.56 Å². The van der Waals surface area contributed by atoms with Crippen LogP contribution in [-0.2, 0) is 11.4 Å². The second-order valence-electron chi connectivity index (χ2n) is 6.95. The zero-order valence-electron chi connectivity index (χ0n) is 18.2. The van der Waals surface area contributed by atoms with E-state index in [1.165, 1.54) is 30.5 Å². The highest BCUT2D eigenvalue weighted by molar-refractivity contribution is 6.31. The van der Waals surface area contributed by atoms with Crippen molar-refractivity contribution in [3.8, 4) is 17.6 Å². The molecule has 0 aliphatic heterocycles. The molecule has 172 valence electrons. The van der Waals surface area contributed by atoms with Gasteiger partial charge in [0, 0.05) is 27.8 Å². The molecule has 0 aliphatic rings. The second-order valence-corrected chi connectivity index (χ2v) is 7.36. The third-order valence-electron chi connectivity index (χ3n) is 4.64. The molecule has 0 fully saturated rings. The van der Waals surface area contributed by atoms with E-state index in [4.69, 9.17) is 26.3 Å². The first kappa shape index (κ1) is 24.3. The molecule has 0 aromatic heterocycles. The van der Waals surface area contributed by atoms with Crippen LogP contribution < -0.4 is 20.2 Å². The van der Waals surface area contributed by atoms with Gasteiger partial charge < -0.3 is 14.8 Å². The van der Waals surface area contributed by atoms with Gasteiger partial charge in [0.1, 0.15) is 18.1 Å². The predicted octanol–water partition coefficient (Wildman–Crippen LogP) is 3.68. The van der Waals surface area contributed by atoms with E-state index in [1.54, 1.807) is 31.4 Å². The maximum Gasteiger partial charge on any atom is 0.259 e. The summed E-state index contributed by atoms with van der Waals surface area (Å²) in [6, 6.07) is 20.6. The summed E-state index contributed by atoms with van der Waals surface area (Å²) in [6.45, 7) is -0.0317. The molecule has 8 nitrogen and oxygen atoms in total. The molecule has 0 bridgehead atoms. The Balaban J connectivity index is 1.57. The number of carbonyl (C=O) groups excluding carboxylic acids is 2. The lowest BCUT2D eigenvalue weighted by Crippen LogP contribution is -2.34. The summed E-state index contributed by atoms with van der Waals surface area (Å²) in [4.78, 5) is 24.2. The van der Waals surface area contributed by atoms with Gasteiger partial charge >= 0.3 is 0 Å². The van der Waals surface area contributed by atoms with E-state index in [9.17, 15) is 9.59 Å². The average Bonchev–Trinajstić information content (AvgIpc) is 2.87. The molecule has 0 heterocycles. The van der Waals surface area contributed by atoms with Gasteiger partial charge in [0.15, 0.2) is 0 Å². The van der Waals surface area contributed by atoms with Gasteiger partial charge in [-0.2, -0.15) is 10.4 Å². The smallest absolute Gasteiger partial charge is 0.259 e. The Bertz CT molecular complexity index is 1240. The zero-order chi connectivity index (χ0) is 24.3. The lowest BCUT2D eigenvalue weighted by atomic mass is 10.1. The molecule has 34 heavy (non-hydrogen) atoms. The lowest BCUT2D eigenvalue weighted by molar-refractivity contribution is -0.120. The van der Waals surface area contributed by atoms with Gasteiger partial charge in [-0.15, -0.1) is 0 Å². The molecule has 0 spiro atoms. The van der Waals surface area contributed by atoms with E-state index in [1.807, 2.05) is 24.3 Å². The summed E-state index contributed by atoms with van der Waals surface area (Å²) < 4.78 is 11.2. The number of ether oxygens (including phenoxy) is 2. The second kappa shape index (κ2) is 12.0. The summed E-state index contributed by atoms with van der Waals surface area (Å²) in [5, 5.41) is 15.8. The molecule has 3 aromatic rings. The fourth-order valence-electron chi connectivity index (χ4n) is 2.82. The number of benzene rings is 3. The van der Waals surface area contributed by atoms with Gasteiger partial charge in [-0.1, -0.05) is 29.8 Å². The Morgan fingerprint density at radius 2 is 1.88 bits per heavy atom. The minimum Gasteiger partial charge on any atom is -0.497 e. The molecule has 0 saturated heterocycles. The highest BCUT2D eigenvalue weighted by atomic mass is 35.5. The van der Waals surface area contributed by atoms with Gasteiger partial charge in [-0.3, -0.25) is 9.59 Å². The Labute approximate surface area is 201 Å². The quantitative estimate of drug-likeness (QED) is 0.361. The molecule has 3 aromatic carbocycles. The fraction of sp³-hybridized carbons (Fsp3) is 0.120. The third-order valence-corrected chi connectivity index (χ3v) is 5.01. The van der Waals surface area contributed by atoms with Gasteiger partial charge in [-0.05, 0) is 42.5 Å². The van der Waals surface area contributed by atoms with Crippen molar-refractivity contribution in [3.05, 3.63) is 94.0 Å². The number of nitriles is 1. The minimum absolute atomic E-state index is 0.238. The van der Waals surface area contributed by atoms with Crippen LogP contribution in [0.4, 0.5) is 0 Å². The maximum atomic E-state index is 12.1. The number of hydrogen-bond acceptors (Lipinski definition) is 6. The van der Waals surface area contributed by atoms with Crippen LogP contribution in [-0.4, -0.2) is 31.7 Å². The monoisotopic (exact) mass is 476 g/mol. The summed E-state index contributed by atoms with van der Waals surface area (Å²) >= 11 is 6.19. The molecule has 9 heteroatoms. The third kappa shape index (κ3) is 6.82. The molecule has 0 unspecified atom stereocenters. The van der Waals surface area contributed by atoms with Crippen molar-refractivity contribution in [2.75, 3.05) is 13.7 Å². The molecular weight excluding hydrogens is 456 g/mol. The van der Waals surface area contributed by atoms with Crippen molar-refractivity contribution in [2.24, 2.45) is 5.10 Å². The zero-order valence-corrected chi connectivity index (χ0v) is 19.0. The van der Waals surface area contributed by atoms with Crippen LogP contribution in [0, 0.1) is 11.3 Å². The summed E-state index contributed by atoms with van der Waals surface area (Å²) in [5.74, 6) is 0.145. The number of halogens is 1. The summed E-state index contributed by atoms with van der Waals surface area (Å²) in [6.07, 6.45) is 1.43. The van der Waals surface area contributed by atoms with Crippen molar-refractivity contribution in [1.82, 2.24) is 10.7 Å². The van der Waals surface area contributed by atoms with Crippen molar-refractivity contribution >= 4 is 29.6 Å². The van der Waals surface area contributed by atoms with Crippen LogP contribution in [0.1, 0.15) is 27.0 Å². The first-order chi connectivity index (χ1) is 16.5. The van der Waals surface area contributed by atoms with Crippen LogP contribution in [0.25, 0.3) is 0 Å². The molecule has 0 saturated carbocycles. The van der Waals surface area contributed by atoms with Crippen LogP contribution in [0.15, 0.2) is 71.8 Å². The standard InChI is InChI=1S/C25H21ClN4O4/c1-33-21-11-10-19(23(12-21)34-16-20-4-2-3-5-22(20)26)14-29-30-24(31)15-28-25(32)18-8-6-17(13-27)7-9-18/h2-12,14H,15-16H2,1H3,(H,28,32)(H,30,31)/b29-14+. The molecule has 0 radical (unpaired) electrons. The van der Waals surface area contributed by atoms with E-state index < -0.39 is 11.8 Å². The van der Waals surface area contributed by atoms with Gasteiger partial charge in [0.2, 0.25) is 0 Å². The summed E-state index contributed by atoms with van der Waals surface area (Å²) in [7, 11) is 1.55. The van der Waals surface area contributed by atoms with Gasteiger partial charge in [0.05, 0.1) is 31.5 Å². The number of hydrogen-bond donors (Lipinski definition) is 2. The number of hydrazone groups is 1.